The monoisotopic (exact) mass is 235 g/mol. The molecule has 0 bridgehead atoms. The molecule has 0 aliphatic heterocycles. The van der Waals surface area contributed by atoms with Crippen molar-refractivity contribution in [2.24, 2.45) is 0 Å². The molecule has 0 N–H and O–H groups in total. The fraction of sp³-hybridized carbons (Fsp3) is 0.643. The summed E-state index contributed by atoms with van der Waals surface area (Å²) in [6.45, 7) is 7.02. The first-order valence-electron chi connectivity index (χ1n) is 6.22. The van der Waals surface area contributed by atoms with Gasteiger partial charge < -0.3 is 9.30 Å². The number of ketones is 1. The molecule has 0 fully saturated rings. The summed E-state index contributed by atoms with van der Waals surface area (Å²) in [4.78, 5) is 11.8. The zero-order chi connectivity index (χ0) is 12.6. The molecule has 94 valence electrons. The van der Waals surface area contributed by atoms with E-state index in [0.29, 0.717) is 12.2 Å². The number of aryl methyl sites for hydroxylation is 1. The quantitative estimate of drug-likeness (QED) is 0.806. The number of Topliss-reactive ketones (excluding diaryl/α,β-unsaturated/α-hetero) is 1. The third-order valence-corrected chi connectivity index (χ3v) is 3.63. The fourth-order valence-corrected chi connectivity index (χ4v) is 2.46. The van der Waals surface area contributed by atoms with Crippen molar-refractivity contribution in [1.82, 2.24) is 4.57 Å². The van der Waals surface area contributed by atoms with Crippen molar-refractivity contribution in [3.8, 4) is 0 Å². The summed E-state index contributed by atoms with van der Waals surface area (Å²) < 4.78 is 7.72. The Morgan fingerprint density at radius 3 is 2.76 bits per heavy atom. The van der Waals surface area contributed by atoms with Gasteiger partial charge in [0.05, 0.1) is 12.1 Å². The number of aromatic nitrogens is 1. The lowest BCUT2D eigenvalue weighted by atomic mass is 9.96. The average molecular weight is 235 g/mol. The van der Waals surface area contributed by atoms with E-state index >= 15 is 0 Å². The van der Waals surface area contributed by atoms with Gasteiger partial charge in [-0.3, -0.25) is 4.79 Å². The maximum Gasteiger partial charge on any atom is 0.164 e. The number of hydrogen-bond donors (Lipinski definition) is 0. The second-order valence-electron chi connectivity index (χ2n) is 5.47. The SMILES string of the molecule is COC(C)(C)Cn1c(C)cc2c1CCCC2=O. The molecular formula is C14H21NO2. The van der Waals surface area contributed by atoms with E-state index in [1.807, 2.05) is 6.07 Å². The molecule has 0 radical (unpaired) electrons. The van der Waals surface area contributed by atoms with Crippen LogP contribution in [0.3, 0.4) is 0 Å². The smallest absolute Gasteiger partial charge is 0.164 e. The van der Waals surface area contributed by atoms with Crippen molar-refractivity contribution in [2.45, 2.75) is 52.2 Å². The summed E-state index contributed by atoms with van der Waals surface area (Å²) in [5, 5.41) is 0. The number of nitrogens with zero attached hydrogens (tertiary/aromatic N) is 1. The second-order valence-corrected chi connectivity index (χ2v) is 5.47. The number of hydrogen-bond acceptors (Lipinski definition) is 2. The Hall–Kier alpha value is -1.09. The first kappa shape index (κ1) is 12.4. The molecule has 0 atom stereocenters. The molecule has 0 amide bonds. The molecule has 3 nitrogen and oxygen atoms in total. The number of carbonyl (C=O) groups is 1. The van der Waals surface area contributed by atoms with Crippen LogP contribution in [-0.2, 0) is 17.7 Å². The van der Waals surface area contributed by atoms with Crippen molar-refractivity contribution < 1.29 is 9.53 Å². The van der Waals surface area contributed by atoms with E-state index in [1.165, 1.54) is 5.69 Å². The van der Waals surface area contributed by atoms with Crippen LogP contribution < -0.4 is 0 Å². The minimum Gasteiger partial charge on any atom is -0.377 e. The summed E-state index contributed by atoms with van der Waals surface area (Å²) in [5.74, 6) is 0.295. The Morgan fingerprint density at radius 2 is 2.12 bits per heavy atom. The van der Waals surface area contributed by atoms with Crippen LogP contribution in [0.1, 0.15) is 48.4 Å². The molecule has 1 aliphatic carbocycles. The molecular weight excluding hydrogens is 214 g/mol. The van der Waals surface area contributed by atoms with Gasteiger partial charge >= 0.3 is 0 Å². The Morgan fingerprint density at radius 1 is 1.41 bits per heavy atom. The van der Waals surface area contributed by atoms with Crippen LogP contribution in [0.15, 0.2) is 6.07 Å². The summed E-state index contributed by atoms with van der Waals surface area (Å²) in [6, 6.07) is 2.03. The molecule has 0 spiro atoms. The predicted octanol–water partition coefficient (Wildman–Crippen LogP) is 2.74. The molecule has 1 aromatic heterocycles. The van der Waals surface area contributed by atoms with Crippen LogP contribution in [-0.4, -0.2) is 23.1 Å². The molecule has 1 heterocycles. The van der Waals surface area contributed by atoms with E-state index in [-0.39, 0.29) is 5.60 Å². The molecule has 17 heavy (non-hydrogen) atoms. The van der Waals surface area contributed by atoms with E-state index in [0.717, 1.165) is 30.6 Å². The van der Waals surface area contributed by atoms with Crippen LogP contribution in [0.2, 0.25) is 0 Å². The molecule has 1 aromatic rings. The summed E-state index contributed by atoms with van der Waals surface area (Å²) in [6.07, 6.45) is 2.68. The number of fused-ring (bicyclic) bond motifs is 1. The van der Waals surface area contributed by atoms with Crippen molar-refractivity contribution in [3.05, 3.63) is 23.0 Å². The minimum absolute atomic E-state index is 0.196. The highest BCUT2D eigenvalue weighted by Crippen LogP contribution is 2.26. The first-order valence-corrected chi connectivity index (χ1v) is 6.22. The maximum absolute atomic E-state index is 11.8. The molecule has 0 saturated heterocycles. The molecule has 3 heteroatoms. The largest absolute Gasteiger partial charge is 0.377 e. The van der Waals surface area contributed by atoms with Crippen LogP contribution in [0.25, 0.3) is 0 Å². The standard InChI is InChI=1S/C14H21NO2/c1-10-8-11-12(6-5-7-13(11)16)15(10)9-14(2,3)17-4/h8H,5-7,9H2,1-4H3. The fourth-order valence-electron chi connectivity index (χ4n) is 2.46. The highest BCUT2D eigenvalue weighted by atomic mass is 16.5. The normalized spacial score (nSPS) is 16.1. The Kier molecular flexibility index (Phi) is 3.13. The van der Waals surface area contributed by atoms with Gasteiger partial charge in [0.15, 0.2) is 5.78 Å². The van der Waals surface area contributed by atoms with Crippen LogP contribution in [0.5, 0.6) is 0 Å². The van der Waals surface area contributed by atoms with Gasteiger partial charge in [-0.1, -0.05) is 0 Å². The van der Waals surface area contributed by atoms with E-state index in [1.54, 1.807) is 7.11 Å². The van der Waals surface area contributed by atoms with Crippen molar-refractivity contribution in [1.29, 1.82) is 0 Å². The van der Waals surface area contributed by atoms with Gasteiger partial charge in [-0.2, -0.15) is 0 Å². The number of rotatable bonds is 3. The van der Waals surface area contributed by atoms with Crippen molar-refractivity contribution in [3.63, 3.8) is 0 Å². The number of methoxy groups -OCH3 is 1. The van der Waals surface area contributed by atoms with Gasteiger partial charge in [-0.05, 0) is 39.7 Å². The third kappa shape index (κ3) is 2.29. The molecule has 0 aromatic carbocycles. The Labute approximate surface area is 103 Å². The van der Waals surface area contributed by atoms with Crippen LogP contribution in [0, 0.1) is 6.92 Å². The maximum atomic E-state index is 11.8. The van der Waals surface area contributed by atoms with E-state index in [9.17, 15) is 4.79 Å². The third-order valence-electron chi connectivity index (χ3n) is 3.63. The lowest BCUT2D eigenvalue weighted by Crippen LogP contribution is -2.30. The number of carbonyl (C=O) groups excluding carboxylic acids is 1. The number of ether oxygens (including phenoxy) is 1. The Balaban J connectivity index is 2.38. The first-order chi connectivity index (χ1) is 7.94. The van der Waals surface area contributed by atoms with Gasteiger partial charge in [0.2, 0.25) is 0 Å². The topological polar surface area (TPSA) is 31.2 Å². The van der Waals surface area contributed by atoms with Gasteiger partial charge in [0, 0.05) is 30.5 Å². The lowest BCUT2D eigenvalue weighted by Gasteiger charge is -2.26. The van der Waals surface area contributed by atoms with Crippen LogP contribution >= 0.6 is 0 Å². The minimum atomic E-state index is -0.196. The van der Waals surface area contributed by atoms with Crippen LogP contribution in [0.4, 0.5) is 0 Å². The molecule has 0 unspecified atom stereocenters. The van der Waals surface area contributed by atoms with Gasteiger partial charge in [0.1, 0.15) is 0 Å². The highest BCUT2D eigenvalue weighted by Gasteiger charge is 2.26. The van der Waals surface area contributed by atoms with E-state index < -0.39 is 0 Å². The molecule has 1 aliphatic rings. The Bertz CT molecular complexity index is 443. The predicted molar refractivity (Wildman–Crippen MR) is 67.5 cm³/mol. The zero-order valence-corrected chi connectivity index (χ0v) is 11.2. The zero-order valence-electron chi connectivity index (χ0n) is 11.2. The summed E-state index contributed by atoms with van der Waals surface area (Å²) in [5.41, 5.74) is 3.10. The molecule has 0 saturated carbocycles. The van der Waals surface area contributed by atoms with E-state index in [4.69, 9.17) is 4.74 Å². The van der Waals surface area contributed by atoms with Gasteiger partial charge in [-0.25, -0.2) is 0 Å². The van der Waals surface area contributed by atoms with E-state index in [2.05, 4.69) is 25.3 Å². The van der Waals surface area contributed by atoms with Crippen molar-refractivity contribution in [2.75, 3.05) is 7.11 Å². The molecule has 2 rings (SSSR count). The summed E-state index contributed by atoms with van der Waals surface area (Å²) in [7, 11) is 1.73. The van der Waals surface area contributed by atoms with Gasteiger partial charge in [0.25, 0.3) is 0 Å². The summed E-state index contributed by atoms with van der Waals surface area (Å²) >= 11 is 0. The van der Waals surface area contributed by atoms with Gasteiger partial charge in [-0.15, -0.1) is 0 Å². The average Bonchev–Trinajstić information content (AvgIpc) is 2.58. The lowest BCUT2D eigenvalue weighted by molar-refractivity contribution is 0.00716. The highest BCUT2D eigenvalue weighted by molar-refractivity contribution is 5.98. The second kappa shape index (κ2) is 4.30. The van der Waals surface area contributed by atoms with Crippen molar-refractivity contribution >= 4 is 5.78 Å².